The second kappa shape index (κ2) is 7.92. The number of likely N-dealkylation sites (tertiary alicyclic amines) is 1. The monoisotopic (exact) mass is 305 g/mol. The van der Waals surface area contributed by atoms with Gasteiger partial charge in [-0.3, -0.25) is 4.99 Å². The molecule has 1 saturated heterocycles. The standard InChI is InChI=1S/C17H27N3O2/c1-13-7-10-20(11-8-13)17(18)19-9-6-14-12-15(21-2)4-5-16(14)22-3/h4-5,12-13H,6-11H2,1-3H3,(H2,18,19). The van der Waals surface area contributed by atoms with Gasteiger partial charge in [-0.1, -0.05) is 6.92 Å². The fourth-order valence-corrected chi connectivity index (χ4v) is 2.71. The fraction of sp³-hybridized carbons (Fsp3) is 0.588. The van der Waals surface area contributed by atoms with Crippen LogP contribution >= 0.6 is 0 Å². The lowest BCUT2D eigenvalue weighted by Gasteiger charge is -2.31. The molecule has 0 aromatic heterocycles. The molecule has 1 heterocycles. The van der Waals surface area contributed by atoms with Crippen LogP contribution in [0.25, 0.3) is 0 Å². The third-order valence-electron chi connectivity index (χ3n) is 4.25. The number of hydrogen-bond acceptors (Lipinski definition) is 3. The van der Waals surface area contributed by atoms with E-state index in [0.717, 1.165) is 42.5 Å². The van der Waals surface area contributed by atoms with Crippen LogP contribution in [0.5, 0.6) is 11.5 Å². The molecule has 22 heavy (non-hydrogen) atoms. The van der Waals surface area contributed by atoms with E-state index in [9.17, 15) is 0 Å². The number of methoxy groups -OCH3 is 2. The third kappa shape index (κ3) is 4.29. The van der Waals surface area contributed by atoms with E-state index in [0.29, 0.717) is 12.5 Å². The van der Waals surface area contributed by atoms with Crippen molar-refractivity contribution in [1.29, 1.82) is 0 Å². The molecule has 0 unspecified atom stereocenters. The molecule has 1 aliphatic rings. The summed E-state index contributed by atoms with van der Waals surface area (Å²) in [7, 11) is 3.34. The van der Waals surface area contributed by atoms with Crippen molar-refractivity contribution in [1.82, 2.24) is 4.90 Å². The number of ether oxygens (including phenoxy) is 2. The number of rotatable bonds is 5. The van der Waals surface area contributed by atoms with Crippen molar-refractivity contribution in [2.45, 2.75) is 26.2 Å². The SMILES string of the molecule is COc1ccc(OC)c(CCN=C(N)N2CCC(C)CC2)c1. The summed E-state index contributed by atoms with van der Waals surface area (Å²) in [5.74, 6) is 3.15. The van der Waals surface area contributed by atoms with Gasteiger partial charge in [0, 0.05) is 19.6 Å². The Morgan fingerprint density at radius 3 is 2.64 bits per heavy atom. The first-order valence-electron chi connectivity index (χ1n) is 7.89. The molecule has 1 aromatic carbocycles. The predicted molar refractivity (Wildman–Crippen MR) is 89.7 cm³/mol. The van der Waals surface area contributed by atoms with E-state index in [-0.39, 0.29) is 0 Å². The Morgan fingerprint density at radius 2 is 2.00 bits per heavy atom. The molecule has 5 nitrogen and oxygen atoms in total. The summed E-state index contributed by atoms with van der Waals surface area (Å²) < 4.78 is 10.6. The summed E-state index contributed by atoms with van der Waals surface area (Å²) in [4.78, 5) is 6.71. The Kier molecular flexibility index (Phi) is 5.92. The highest BCUT2D eigenvalue weighted by Gasteiger charge is 2.16. The molecular formula is C17H27N3O2. The minimum atomic E-state index is 0.654. The maximum absolute atomic E-state index is 6.10. The molecule has 2 N–H and O–H groups in total. The van der Waals surface area contributed by atoms with Crippen molar-refractivity contribution in [2.75, 3.05) is 33.9 Å². The van der Waals surface area contributed by atoms with E-state index < -0.39 is 0 Å². The van der Waals surface area contributed by atoms with Crippen molar-refractivity contribution < 1.29 is 9.47 Å². The molecule has 122 valence electrons. The molecule has 0 atom stereocenters. The van der Waals surface area contributed by atoms with Crippen molar-refractivity contribution in [2.24, 2.45) is 16.6 Å². The highest BCUT2D eigenvalue weighted by Crippen LogP contribution is 2.24. The summed E-state index contributed by atoms with van der Waals surface area (Å²) in [5, 5.41) is 0. The van der Waals surface area contributed by atoms with Crippen LogP contribution in [0.1, 0.15) is 25.3 Å². The van der Waals surface area contributed by atoms with Gasteiger partial charge in [0.15, 0.2) is 5.96 Å². The molecule has 2 rings (SSSR count). The second-order valence-electron chi connectivity index (χ2n) is 5.84. The maximum Gasteiger partial charge on any atom is 0.191 e. The smallest absolute Gasteiger partial charge is 0.191 e. The van der Waals surface area contributed by atoms with Gasteiger partial charge in [0.25, 0.3) is 0 Å². The Morgan fingerprint density at radius 1 is 1.27 bits per heavy atom. The molecule has 1 aliphatic heterocycles. The Labute approximate surface area is 133 Å². The van der Waals surface area contributed by atoms with Crippen LogP contribution in [0.3, 0.4) is 0 Å². The van der Waals surface area contributed by atoms with E-state index in [1.54, 1.807) is 14.2 Å². The molecule has 1 aromatic rings. The van der Waals surface area contributed by atoms with Crippen LogP contribution in [-0.4, -0.2) is 44.7 Å². The maximum atomic E-state index is 6.10. The summed E-state index contributed by atoms with van der Waals surface area (Å²) in [6, 6.07) is 5.81. The van der Waals surface area contributed by atoms with Gasteiger partial charge in [-0.15, -0.1) is 0 Å². The normalized spacial score (nSPS) is 16.7. The predicted octanol–water partition coefficient (Wildman–Crippen LogP) is 2.29. The molecule has 1 fully saturated rings. The molecule has 0 radical (unpaired) electrons. The quantitative estimate of drug-likeness (QED) is 0.670. The molecule has 0 spiro atoms. The van der Waals surface area contributed by atoms with Gasteiger partial charge in [-0.2, -0.15) is 0 Å². The summed E-state index contributed by atoms with van der Waals surface area (Å²) in [6.45, 7) is 4.97. The summed E-state index contributed by atoms with van der Waals surface area (Å²) in [6.07, 6.45) is 3.17. The minimum absolute atomic E-state index is 0.654. The number of guanidine groups is 1. The van der Waals surface area contributed by atoms with Gasteiger partial charge in [0.05, 0.1) is 14.2 Å². The van der Waals surface area contributed by atoms with E-state index in [2.05, 4.69) is 16.8 Å². The van der Waals surface area contributed by atoms with Gasteiger partial charge < -0.3 is 20.1 Å². The van der Waals surface area contributed by atoms with E-state index in [4.69, 9.17) is 15.2 Å². The largest absolute Gasteiger partial charge is 0.497 e. The number of nitrogens with two attached hydrogens (primary N) is 1. The zero-order valence-corrected chi connectivity index (χ0v) is 13.8. The van der Waals surface area contributed by atoms with Crippen molar-refractivity contribution in [3.05, 3.63) is 23.8 Å². The number of aliphatic imine (C=N–C) groups is 1. The van der Waals surface area contributed by atoms with Crippen LogP contribution in [0, 0.1) is 5.92 Å². The number of benzene rings is 1. The topological polar surface area (TPSA) is 60.1 Å². The Bertz CT molecular complexity index is 509. The number of hydrogen-bond donors (Lipinski definition) is 1. The van der Waals surface area contributed by atoms with Crippen LogP contribution in [0.2, 0.25) is 0 Å². The van der Waals surface area contributed by atoms with Gasteiger partial charge >= 0.3 is 0 Å². The zero-order valence-electron chi connectivity index (χ0n) is 13.8. The van der Waals surface area contributed by atoms with E-state index >= 15 is 0 Å². The lowest BCUT2D eigenvalue weighted by molar-refractivity contribution is 0.277. The van der Waals surface area contributed by atoms with Gasteiger partial charge in [0.1, 0.15) is 11.5 Å². The van der Waals surface area contributed by atoms with Crippen LogP contribution in [0.15, 0.2) is 23.2 Å². The van der Waals surface area contributed by atoms with E-state index in [1.165, 1.54) is 12.8 Å². The molecule has 0 aliphatic carbocycles. The van der Waals surface area contributed by atoms with Crippen LogP contribution < -0.4 is 15.2 Å². The van der Waals surface area contributed by atoms with Crippen molar-refractivity contribution in [3.8, 4) is 11.5 Å². The molecule has 0 bridgehead atoms. The van der Waals surface area contributed by atoms with E-state index in [1.807, 2.05) is 18.2 Å². The van der Waals surface area contributed by atoms with Crippen LogP contribution in [0.4, 0.5) is 0 Å². The molecule has 5 heteroatoms. The lowest BCUT2D eigenvalue weighted by atomic mass is 10.00. The molecule has 0 amide bonds. The first-order valence-corrected chi connectivity index (χ1v) is 7.89. The average molecular weight is 305 g/mol. The highest BCUT2D eigenvalue weighted by atomic mass is 16.5. The first kappa shape index (κ1) is 16.5. The first-order chi connectivity index (χ1) is 10.6. The van der Waals surface area contributed by atoms with Gasteiger partial charge in [0.2, 0.25) is 0 Å². The molecular weight excluding hydrogens is 278 g/mol. The zero-order chi connectivity index (χ0) is 15.9. The number of piperidine rings is 1. The Balaban J connectivity index is 1.93. The van der Waals surface area contributed by atoms with Crippen molar-refractivity contribution in [3.63, 3.8) is 0 Å². The van der Waals surface area contributed by atoms with Crippen molar-refractivity contribution >= 4 is 5.96 Å². The second-order valence-corrected chi connectivity index (χ2v) is 5.84. The summed E-state index contributed by atoms with van der Waals surface area (Å²) >= 11 is 0. The minimum Gasteiger partial charge on any atom is -0.497 e. The van der Waals surface area contributed by atoms with Crippen LogP contribution in [-0.2, 0) is 6.42 Å². The van der Waals surface area contributed by atoms with Gasteiger partial charge in [-0.05, 0) is 48.9 Å². The highest BCUT2D eigenvalue weighted by molar-refractivity contribution is 5.78. The average Bonchev–Trinajstić information content (AvgIpc) is 2.55. The Hall–Kier alpha value is -1.91. The summed E-state index contributed by atoms with van der Waals surface area (Å²) in [5.41, 5.74) is 7.19. The third-order valence-corrected chi connectivity index (χ3v) is 4.25. The van der Waals surface area contributed by atoms with Gasteiger partial charge in [-0.25, -0.2) is 0 Å². The lowest BCUT2D eigenvalue weighted by Crippen LogP contribution is -2.42. The fourth-order valence-electron chi connectivity index (χ4n) is 2.71. The number of nitrogens with zero attached hydrogens (tertiary/aromatic N) is 2. The molecule has 0 saturated carbocycles.